The first-order valence-electron chi connectivity index (χ1n) is 8.25. The summed E-state index contributed by atoms with van der Waals surface area (Å²) >= 11 is 0. The maximum atomic E-state index is 14.5. The summed E-state index contributed by atoms with van der Waals surface area (Å²) in [4.78, 5) is 12.4. The Hall–Kier alpha value is -3.68. The van der Waals surface area contributed by atoms with Crippen molar-refractivity contribution in [2.75, 3.05) is 5.32 Å². The summed E-state index contributed by atoms with van der Waals surface area (Å²) < 4.78 is 21.3. The van der Waals surface area contributed by atoms with Crippen LogP contribution in [0.15, 0.2) is 53.1 Å². The summed E-state index contributed by atoms with van der Waals surface area (Å²) in [7, 11) is 0. The zero-order valence-electron chi connectivity index (χ0n) is 14.7. The van der Waals surface area contributed by atoms with E-state index in [1.807, 2.05) is 19.9 Å². The average molecular weight is 365 g/mol. The van der Waals surface area contributed by atoms with E-state index in [1.165, 1.54) is 17.0 Å². The number of anilines is 1. The molecule has 0 saturated heterocycles. The number of amides is 1. The molecule has 2 N–H and O–H groups in total. The molecule has 4 rings (SSSR count). The molecule has 0 bridgehead atoms. The molecular formula is C19H16FN5O2. The van der Waals surface area contributed by atoms with Crippen LogP contribution < -0.4 is 5.32 Å². The first-order chi connectivity index (χ1) is 13.0. The van der Waals surface area contributed by atoms with Gasteiger partial charge in [-0.3, -0.25) is 9.89 Å². The van der Waals surface area contributed by atoms with Gasteiger partial charge in [0.25, 0.3) is 5.91 Å². The molecule has 7 nitrogen and oxygen atoms in total. The number of H-pyrrole nitrogens is 1. The third-order valence-corrected chi connectivity index (χ3v) is 4.04. The summed E-state index contributed by atoms with van der Waals surface area (Å²) in [5.41, 5.74) is 3.02. The Kier molecular flexibility index (Phi) is 4.08. The zero-order chi connectivity index (χ0) is 19.0. The molecule has 0 aliphatic carbocycles. The molecule has 3 heterocycles. The fourth-order valence-corrected chi connectivity index (χ4v) is 2.82. The second-order valence-electron chi connectivity index (χ2n) is 6.10. The van der Waals surface area contributed by atoms with Crippen LogP contribution in [0.4, 0.5) is 10.1 Å². The summed E-state index contributed by atoms with van der Waals surface area (Å²) in [6.07, 6.45) is 1.53. The van der Waals surface area contributed by atoms with Crippen molar-refractivity contribution in [2.24, 2.45) is 0 Å². The molecule has 27 heavy (non-hydrogen) atoms. The molecule has 0 fully saturated rings. The van der Waals surface area contributed by atoms with Gasteiger partial charge in [-0.25, -0.2) is 9.07 Å². The number of halogens is 1. The Bertz CT molecular complexity index is 1110. The average Bonchev–Trinajstić information content (AvgIpc) is 3.35. The topological polar surface area (TPSA) is 88.7 Å². The van der Waals surface area contributed by atoms with Crippen LogP contribution in [-0.2, 0) is 0 Å². The second-order valence-corrected chi connectivity index (χ2v) is 6.10. The molecule has 0 aliphatic rings. The molecule has 1 aromatic carbocycles. The number of hydrogen-bond acceptors (Lipinski definition) is 4. The van der Waals surface area contributed by atoms with Crippen molar-refractivity contribution in [3.05, 3.63) is 71.6 Å². The molecule has 136 valence electrons. The number of benzene rings is 1. The quantitative estimate of drug-likeness (QED) is 0.575. The monoisotopic (exact) mass is 365 g/mol. The van der Waals surface area contributed by atoms with Crippen LogP contribution in [0.2, 0.25) is 0 Å². The van der Waals surface area contributed by atoms with Crippen LogP contribution in [0.3, 0.4) is 0 Å². The van der Waals surface area contributed by atoms with Gasteiger partial charge in [0.1, 0.15) is 11.4 Å². The molecule has 0 saturated carbocycles. The SMILES string of the molecule is Cc1cc(C)n(-c2ccc(NC(=O)c3cc(-c4ccco4)[nH]n3)cc2F)n1. The molecule has 0 radical (unpaired) electrons. The van der Waals surface area contributed by atoms with Crippen LogP contribution in [0.5, 0.6) is 0 Å². The van der Waals surface area contributed by atoms with E-state index < -0.39 is 11.7 Å². The number of nitrogens with zero attached hydrogens (tertiary/aromatic N) is 3. The van der Waals surface area contributed by atoms with Crippen molar-refractivity contribution >= 4 is 11.6 Å². The lowest BCUT2D eigenvalue weighted by molar-refractivity contribution is 0.102. The van der Waals surface area contributed by atoms with Crippen molar-refractivity contribution in [1.29, 1.82) is 0 Å². The minimum Gasteiger partial charge on any atom is -0.463 e. The van der Waals surface area contributed by atoms with Gasteiger partial charge < -0.3 is 9.73 Å². The van der Waals surface area contributed by atoms with E-state index in [0.717, 1.165) is 11.4 Å². The molecule has 0 aliphatic heterocycles. The van der Waals surface area contributed by atoms with Crippen LogP contribution >= 0.6 is 0 Å². The Balaban J connectivity index is 1.54. The molecule has 8 heteroatoms. The fourth-order valence-electron chi connectivity index (χ4n) is 2.82. The van der Waals surface area contributed by atoms with Gasteiger partial charge in [-0.05, 0) is 50.2 Å². The largest absolute Gasteiger partial charge is 0.463 e. The lowest BCUT2D eigenvalue weighted by Crippen LogP contribution is -2.13. The van der Waals surface area contributed by atoms with Gasteiger partial charge in [-0.1, -0.05) is 0 Å². The lowest BCUT2D eigenvalue weighted by Gasteiger charge is -2.08. The number of carbonyl (C=O) groups excluding carboxylic acids is 1. The standard InChI is InChI=1S/C19H16FN5O2/c1-11-8-12(2)25(24-11)17-6-5-13(9-14(17)20)21-19(26)16-10-15(22-23-16)18-4-3-7-27-18/h3-10H,1-2H3,(H,21,26)(H,22,23). The third-order valence-electron chi connectivity index (χ3n) is 4.04. The van der Waals surface area contributed by atoms with Gasteiger partial charge in [0.05, 0.1) is 12.0 Å². The van der Waals surface area contributed by atoms with E-state index in [0.29, 0.717) is 22.8 Å². The molecule has 0 atom stereocenters. The fraction of sp³-hybridized carbons (Fsp3) is 0.105. The van der Waals surface area contributed by atoms with E-state index in [2.05, 4.69) is 20.6 Å². The number of aromatic amines is 1. The summed E-state index contributed by atoms with van der Waals surface area (Å²) in [5.74, 6) is -0.374. The van der Waals surface area contributed by atoms with E-state index in [9.17, 15) is 9.18 Å². The molecule has 1 amide bonds. The van der Waals surface area contributed by atoms with Gasteiger partial charge in [0, 0.05) is 17.4 Å². The Labute approximate surface area is 153 Å². The van der Waals surface area contributed by atoms with Gasteiger partial charge in [0.2, 0.25) is 0 Å². The molecule has 4 aromatic rings. The number of furan rings is 1. The summed E-state index contributed by atoms with van der Waals surface area (Å²) in [5, 5.41) is 13.6. The van der Waals surface area contributed by atoms with Crippen LogP contribution in [-0.4, -0.2) is 25.9 Å². The van der Waals surface area contributed by atoms with E-state index in [4.69, 9.17) is 4.42 Å². The highest BCUT2D eigenvalue weighted by atomic mass is 19.1. The Morgan fingerprint density at radius 3 is 2.74 bits per heavy atom. The predicted molar refractivity (Wildman–Crippen MR) is 97.2 cm³/mol. The predicted octanol–water partition coefficient (Wildman–Crippen LogP) is 3.86. The Morgan fingerprint density at radius 2 is 2.07 bits per heavy atom. The molecule has 0 unspecified atom stereocenters. The minimum atomic E-state index is -0.489. The van der Waals surface area contributed by atoms with Crippen molar-refractivity contribution in [1.82, 2.24) is 20.0 Å². The number of carbonyl (C=O) groups is 1. The van der Waals surface area contributed by atoms with Crippen LogP contribution in [0, 0.1) is 19.7 Å². The van der Waals surface area contributed by atoms with Crippen LogP contribution in [0.1, 0.15) is 21.9 Å². The summed E-state index contributed by atoms with van der Waals surface area (Å²) in [6, 6.07) is 11.4. The maximum Gasteiger partial charge on any atom is 0.276 e. The molecular weight excluding hydrogens is 349 g/mol. The van der Waals surface area contributed by atoms with Crippen molar-refractivity contribution in [3.8, 4) is 17.1 Å². The molecule has 0 spiro atoms. The number of aromatic nitrogens is 4. The Morgan fingerprint density at radius 1 is 1.22 bits per heavy atom. The van der Waals surface area contributed by atoms with Crippen LogP contribution in [0.25, 0.3) is 17.1 Å². The lowest BCUT2D eigenvalue weighted by atomic mass is 10.2. The highest BCUT2D eigenvalue weighted by Gasteiger charge is 2.15. The second kappa shape index (κ2) is 6.56. The van der Waals surface area contributed by atoms with Gasteiger partial charge >= 0.3 is 0 Å². The first kappa shape index (κ1) is 16.8. The maximum absolute atomic E-state index is 14.5. The molecule has 3 aromatic heterocycles. The zero-order valence-corrected chi connectivity index (χ0v) is 14.7. The van der Waals surface area contributed by atoms with E-state index in [1.54, 1.807) is 30.3 Å². The van der Waals surface area contributed by atoms with E-state index in [-0.39, 0.29) is 5.69 Å². The normalized spacial score (nSPS) is 10.9. The number of nitrogens with one attached hydrogen (secondary N) is 2. The summed E-state index contributed by atoms with van der Waals surface area (Å²) in [6.45, 7) is 3.69. The van der Waals surface area contributed by atoms with Gasteiger partial charge in [-0.2, -0.15) is 10.2 Å². The number of rotatable bonds is 4. The first-order valence-corrected chi connectivity index (χ1v) is 8.25. The van der Waals surface area contributed by atoms with Crippen molar-refractivity contribution < 1.29 is 13.6 Å². The number of aryl methyl sites for hydroxylation is 2. The van der Waals surface area contributed by atoms with E-state index >= 15 is 0 Å². The van der Waals surface area contributed by atoms with Gasteiger partial charge in [0.15, 0.2) is 17.3 Å². The highest BCUT2D eigenvalue weighted by Crippen LogP contribution is 2.21. The third kappa shape index (κ3) is 3.24. The number of hydrogen-bond donors (Lipinski definition) is 2. The highest BCUT2D eigenvalue weighted by molar-refractivity contribution is 6.03. The van der Waals surface area contributed by atoms with Crippen molar-refractivity contribution in [2.45, 2.75) is 13.8 Å². The smallest absolute Gasteiger partial charge is 0.276 e. The van der Waals surface area contributed by atoms with Crippen molar-refractivity contribution in [3.63, 3.8) is 0 Å². The van der Waals surface area contributed by atoms with Gasteiger partial charge in [-0.15, -0.1) is 0 Å². The minimum absolute atomic E-state index is 0.171.